The highest BCUT2D eigenvalue weighted by atomic mass is 35.5. The van der Waals surface area contributed by atoms with Gasteiger partial charge in [0, 0.05) is 37.6 Å². The number of carbonyl (C=O) groups is 2. The number of amides is 1. The van der Waals surface area contributed by atoms with E-state index >= 15 is 0 Å². The van der Waals surface area contributed by atoms with Gasteiger partial charge >= 0.3 is 0 Å². The van der Waals surface area contributed by atoms with Crippen LogP contribution in [0, 0.1) is 5.92 Å². The van der Waals surface area contributed by atoms with E-state index in [9.17, 15) is 18.0 Å². The van der Waals surface area contributed by atoms with Crippen LogP contribution >= 0.6 is 11.6 Å². The van der Waals surface area contributed by atoms with Gasteiger partial charge in [-0.05, 0) is 50.3 Å². The van der Waals surface area contributed by atoms with Gasteiger partial charge in [-0.15, -0.1) is 0 Å². The molecule has 3 rings (SSSR count). The predicted octanol–water partition coefficient (Wildman–Crippen LogP) is 4.04. The third kappa shape index (κ3) is 9.19. The topological polar surface area (TPSA) is 126 Å². The minimum atomic E-state index is -3.47. The maximum Gasteiger partial charge on any atom is 0.233 e. The number of hydrogen-bond donors (Lipinski definition) is 2. The number of carbonyl (C=O) groups excluding carboxylic acids is 2. The summed E-state index contributed by atoms with van der Waals surface area (Å²) in [6.45, 7) is 3.44. The largest absolute Gasteiger partial charge is 0.394 e. The van der Waals surface area contributed by atoms with Crippen molar-refractivity contribution in [3.05, 3.63) is 47.4 Å². The lowest BCUT2D eigenvalue weighted by Gasteiger charge is -2.20. The lowest BCUT2D eigenvalue weighted by molar-refractivity contribution is -0.119. The number of sulfone groups is 1. The van der Waals surface area contributed by atoms with Crippen molar-refractivity contribution in [3.63, 3.8) is 0 Å². The Morgan fingerprint density at radius 2 is 1.97 bits per heavy atom. The maximum absolute atomic E-state index is 13.0. The fourth-order valence-corrected chi connectivity index (χ4v) is 4.77. The van der Waals surface area contributed by atoms with E-state index in [0.29, 0.717) is 30.6 Å². The van der Waals surface area contributed by atoms with Crippen molar-refractivity contribution < 1.29 is 23.1 Å². The van der Waals surface area contributed by atoms with E-state index in [1.807, 2.05) is 0 Å². The second-order valence-corrected chi connectivity index (χ2v) is 10.5. The Labute approximate surface area is 200 Å². The van der Waals surface area contributed by atoms with Crippen molar-refractivity contribution >= 4 is 38.9 Å². The first kappa shape index (κ1) is 28.7. The van der Waals surface area contributed by atoms with E-state index in [0.717, 1.165) is 12.7 Å². The van der Waals surface area contributed by atoms with Gasteiger partial charge in [0.15, 0.2) is 15.7 Å². The summed E-state index contributed by atoms with van der Waals surface area (Å²) in [6, 6.07) is 4.52. The Kier molecular flexibility index (Phi) is 11.1. The Hall–Kier alpha value is -2.36. The van der Waals surface area contributed by atoms with Gasteiger partial charge in [0.1, 0.15) is 5.78 Å². The molecule has 1 aliphatic carbocycles. The minimum absolute atomic E-state index is 0. The molecule has 1 aromatic heterocycles. The highest BCUT2D eigenvalue weighted by Gasteiger charge is 2.30. The summed E-state index contributed by atoms with van der Waals surface area (Å²) in [7, 11) is -3.47. The molecule has 1 amide bonds. The SMILES string of the molecule is C.CC(C)O.CS(=O)(=O)c1ccc([C@@H](C[C@H]2CCC(=O)C2)C(=O)Nc2cnccn2)cc1Cl. The highest BCUT2D eigenvalue weighted by Crippen LogP contribution is 2.35. The first-order valence-electron chi connectivity index (χ1n) is 10.2. The lowest BCUT2D eigenvalue weighted by Crippen LogP contribution is -2.24. The van der Waals surface area contributed by atoms with Gasteiger partial charge in [0.05, 0.1) is 22.0 Å². The Morgan fingerprint density at radius 1 is 1.30 bits per heavy atom. The van der Waals surface area contributed by atoms with Crippen LogP contribution in [0.3, 0.4) is 0 Å². The van der Waals surface area contributed by atoms with E-state index in [2.05, 4.69) is 15.3 Å². The normalized spacial score (nSPS) is 16.4. The summed E-state index contributed by atoms with van der Waals surface area (Å²) in [5.74, 6) is -0.284. The first-order valence-corrected chi connectivity index (χ1v) is 12.5. The van der Waals surface area contributed by atoms with Crippen LogP contribution in [0.2, 0.25) is 5.02 Å². The first-order chi connectivity index (χ1) is 15.0. The number of ketones is 1. The zero-order valence-corrected chi connectivity index (χ0v) is 19.9. The number of hydrogen-bond acceptors (Lipinski definition) is 7. The van der Waals surface area contributed by atoms with Gasteiger partial charge in [0.25, 0.3) is 0 Å². The lowest BCUT2D eigenvalue weighted by atomic mass is 9.87. The maximum atomic E-state index is 13.0. The average Bonchev–Trinajstić information content (AvgIpc) is 3.10. The number of anilines is 1. The van der Waals surface area contributed by atoms with Crippen molar-refractivity contribution in [1.82, 2.24) is 9.97 Å². The number of Topliss-reactive ketones (excluding diaryl/α,β-unsaturated/α-hetero) is 1. The summed E-state index contributed by atoms with van der Waals surface area (Å²) in [4.78, 5) is 32.6. The molecule has 0 spiro atoms. The number of halogens is 1. The fourth-order valence-electron chi connectivity index (χ4n) is 3.43. The molecule has 0 bridgehead atoms. The van der Waals surface area contributed by atoms with Crippen LogP contribution in [0.4, 0.5) is 5.82 Å². The predicted molar refractivity (Wildman–Crippen MR) is 129 cm³/mol. The summed E-state index contributed by atoms with van der Waals surface area (Å²) < 4.78 is 23.6. The fraction of sp³-hybridized carbons (Fsp3) is 0.478. The van der Waals surface area contributed by atoms with Crippen LogP contribution in [0.1, 0.15) is 58.4 Å². The van der Waals surface area contributed by atoms with Crippen molar-refractivity contribution in [2.24, 2.45) is 5.92 Å². The van der Waals surface area contributed by atoms with Gasteiger partial charge in [0.2, 0.25) is 5.91 Å². The molecule has 0 radical (unpaired) electrons. The molecule has 1 aromatic carbocycles. The number of aliphatic hydroxyl groups is 1. The molecular weight excluding hydrogens is 466 g/mol. The highest BCUT2D eigenvalue weighted by molar-refractivity contribution is 7.90. The summed E-state index contributed by atoms with van der Waals surface area (Å²) in [5.41, 5.74) is 0.595. The molecule has 2 atom stereocenters. The molecule has 1 aliphatic rings. The van der Waals surface area contributed by atoms with Crippen molar-refractivity contribution in [2.45, 2.75) is 63.9 Å². The average molecular weight is 498 g/mol. The standard InChI is InChI=1S/C19H20ClN3O4S.C3H8O.CH4/c1-28(26,27)17-5-3-13(10-16(17)20)15(9-12-2-4-14(24)8-12)19(25)23-18-11-21-6-7-22-18;1-3(2)4;/h3,5-7,10-12,15H,2,4,8-9H2,1H3,(H,22,23,25);3-4H,1-2H3;1H4/t12-,15+;;/m0../s1. The number of aromatic nitrogens is 2. The number of nitrogens with one attached hydrogen (secondary N) is 1. The van der Waals surface area contributed by atoms with E-state index < -0.39 is 15.8 Å². The Bertz CT molecular complexity index is 1040. The molecule has 1 heterocycles. The molecule has 1 saturated carbocycles. The van der Waals surface area contributed by atoms with Crippen LogP contribution < -0.4 is 5.32 Å². The second-order valence-electron chi connectivity index (χ2n) is 8.07. The van der Waals surface area contributed by atoms with E-state index in [1.54, 1.807) is 19.9 Å². The second kappa shape index (κ2) is 12.8. The summed E-state index contributed by atoms with van der Waals surface area (Å²) in [6.07, 6.45) is 7.50. The Balaban J connectivity index is 0.00000101. The van der Waals surface area contributed by atoms with Crippen LogP contribution in [-0.4, -0.2) is 47.5 Å². The molecule has 0 saturated heterocycles. The van der Waals surface area contributed by atoms with E-state index in [1.165, 1.54) is 30.7 Å². The summed E-state index contributed by atoms with van der Waals surface area (Å²) >= 11 is 6.18. The van der Waals surface area contributed by atoms with E-state index in [-0.39, 0.29) is 41.1 Å². The Morgan fingerprint density at radius 3 is 2.45 bits per heavy atom. The molecule has 2 aromatic rings. The summed E-state index contributed by atoms with van der Waals surface area (Å²) in [5, 5.41) is 10.9. The van der Waals surface area contributed by atoms with Gasteiger partial charge in [-0.3, -0.25) is 14.6 Å². The monoisotopic (exact) mass is 497 g/mol. The van der Waals surface area contributed by atoms with Gasteiger partial charge in [-0.2, -0.15) is 0 Å². The molecule has 8 nitrogen and oxygen atoms in total. The van der Waals surface area contributed by atoms with Gasteiger partial charge in [-0.1, -0.05) is 25.1 Å². The van der Waals surface area contributed by atoms with Crippen LogP contribution in [0.15, 0.2) is 41.7 Å². The van der Waals surface area contributed by atoms with Crippen molar-refractivity contribution in [2.75, 3.05) is 11.6 Å². The van der Waals surface area contributed by atoms with Crippen LogP contribution in [-0.2, 0) is 19.4 Å². The molecule has 182 valence electrons. The third-order valence-electron chi connectivity index (χ3n) is 4.81. The smallest absolute Gasteiger partial charge is 0.233 e. The number of benzene rings is 1. The zero-order valence-electron chi connectivity index (χ0n) is 18.3. The molecule has 0 aliphatic heterocycles. The van der Waals surface area contributed by atoms with E-state index in [4.69, 9.17) is 16.7 Å². The van der Waals surface area contributed by atoms with Gasteiger partial charge in [-0.25, -0.2) is 13.4 Å². The molecule has 2 N–H and O–H groups in total. The van der Waals surface area contributed by atoms with Crippen molar-refractivity contribution in [1.29, 1.82) is 0 Å². The quantitative estimate of drug-likeness (QED) is 0.616. The zero-order chi connectivity index (χ0) is 23.9. The van der Waals surface area contributed by atoms with Gasteiger partial charge < -0.3 is 10.4 Å². The van der Waals surface area contributed by atoms with Crippen LogP contribution in [0.5, 0.6) is 0 Å². The number of rotatable bonds is 6. The van der Waals surface area contributed by atoms with Crippen LogP contribution in [0.25, 0.3) is 0 Å². The molecular formula is C23H32ClN3O5S. The third-order valence-corrected chi connectivity index (χ3v) is 6.39. The molecule has 1 fully saturated rings. The van der Waals surface area contributed by atoms with Crippen molar-refractivity contribution in [3.8, 4) is 0 Å². The number of nitrogens with zero attached hydrogens (tertiary/aromatic N) is 2. The number of aliphatic hydroxyl groups excluding tert-OH is 1. The molecule has 10 heteroatoms. The molecule has 0 unspecified atom stereocenters. The molecule has 33 heavy (non-hydrogen) atoms. The minimum Gasteiger partial charge on any atom is -0.394 e.